The Morgan fingerprint density at radius 2 is 1.29 bits per heavy atom. The van der Waals surface area contributed by atoms with Crippen LogP contribution in [0.4, 0.5) is 4.39 Å². The quantitative estimate of drug-likeness (QED) is 0.125. The first-order valence-electron chi connectivity index (χ1n) is 17.6. The average Bonchev–Trinajstić information content (AvgIpc) is 3.92. The highest BCUT2D eigenvalue weighted by molar-refractivity contribution is 5.83. The molecule has 0 aliphatic carbocycles. The van der Waals surface area contributed by atoms with Crippen LogP contribution in [0.25, 0.3) is 10.9 Å². The van der Waals surface area contributed by atoms with E-state index < -0.39 is 5.54 Å². The lowest BCUT2D eigenvalue weighted by Gasteiger charge is -2.37. The van der Waals surface area contributed by atoms with Crippen molar-refractivity contribution in [3.63, 3.8) is 0 Å². The lowest BCUT2D eigenvalue weighted by Crippen LogP contribution is -2.36. The average molecular weight is 671 g/mol. The van der Waals surface area contributed by atoms with Gasteiger partial charge in [-0.05, 0) is 65.3 Å². The second-order valence-corrected chi connectivity index (χ2v) is 13.0. The molecule has 0 fully saturated rings. The Hall–Kier alpha value is -6.08. The number of H-pyrrole nitrogens is 1. The third-order valence-corrected chi connectivity index (χ3v) is 9.86. The molecule has 0 aliphatic heterocycles. The summed E-state index contributed by atoms with van der Waals surface area (Å²) >= 11 is 0. The van der Waals surface area contributed by atoms with E-state index in [-0.39, 0.29) is 5.82 Å². The number of aromatic nitrogens is 6. The van der Waals surface area contributed by atoms with Gasteiger partial charge < -0.3 is 14.1 Å². The van der Waals surface area contributed by atoms with Crippen molar-refractivity contribution < 1.29 is 4.39 Å². The van der Waals surface area contributed by atoms with Gasteiger partial charge in [0.05, 0.1) is 12.0 Å². The van der Waals surface area contributed by atoms with Crippen molar-refractivity contribution in [2.75, 3.05) is 0 Å². The molecule has 0 radical (unpaired) electrons. The third-order valence-electron chi connectivity index (χ3n) is 9.86. The fourth-order valence-electron chi connectivity index (χ4n) is 7.44. The Bertz CT molecular complexity index is 2240. The summed E-state index contributed by atoms with van der Waals surface area (Å²) in [6.45, 7) is 0.731. The molecule has 0 unspecified atom stereocenters. The van der Waals surface area contributed by atoms with E-state index in [0.29, 0.717) is 6.42 Å². The normalized spacial score (nSPS) is 11.7. The molecule has 0 spiro atoms. The van der Waals surface area contributed by atoms with Gasteiger partial charge in [-0.1, -0.05) is 121 Å². The molecule has 7 heteroatoms. The summed E-state index contributed by atoms with van der Waals surface area (Å²) in [6, 6.07) is 47.1. The molecule has 3 heterocycles. The molecule has 252 valence electrons. The van der Waals surface area contributed by atoms with E-state index in [9.17, 15) is 4.39 Å². The van der Waals surface area contributed by atoms with Crippen LogP contribution in [-0.2, 0) is 37.8 Å². The Morgan fingerprint density at radius 1 is 0.647 bits per heavy atom. The van der Waals surface area contributed by atoms with E-state index in [1.165, 1.54) is 17.0 Å². The predicted octanol–water partition coefficient (Wildman–Crippen LogP) is 8.94. The van der Waals surface area contributed by atoms with E-state index in [1.54, 1.807) is 12.1 Å². The molecule has 51 heavy (non-hydrogen) atoms. The van der Waals surface area contributed by atoms with E-state index in [0.717, 1.165) is 77.3 Å². The van der Waals surface area contributed by atoms with Crippen LogP contribution in [-0.4, -0.2) is 29.3 Å². The summed E-state index contributed by atoms with van der Waals surface area (Å²) in [6.07, 6.45) is 10.00. The molecule has 1 N–H and O–H groups in total. The number of aryl methyl sites for hydroxylation is 3. The van der Waals surface area contributed by atoms with E-state index in [2.05, 4.69) is 146 Å². The molecule has 0 saturated carbocycles. The van der Waals surface area contributed by atoms with Gasteiger partial charge in [-0.15, -0.1) is 10.2 Å². The summed E-state index contributed by atoms with van der Waals surface area (Å²) in [5, 5.41) is 10.5. The second kappa shape index (κ2) is 14.4. The van der Waals surface area contributed by atoms with Gasteiger partial charge >= 0.3 is 0 Å². The van der Waals surface area contributed by atoms with Crippen LogP contribution in [0.1, 0.15) is 51.6 Å². The maximum Gasteiger partial charge on any atom is 0.137 e. The standard InChI is InChI=1S/C44H39FN6/c45-38-21-12-14-33(28-38)29-43-49-48-42(26-25-34-30-46-41-24-11-10-23-40(34)41)51(43)27-13-22-39-31-50(32-47-39)44(35-15-4-1-5-16-35,36-17-6-2-7-18-36)37-19-8-3-9-20-37/h1-12,14-21,23-24,28,30-32,46H,13,22,25-27,29H2. The van der Waals surface area contributed by atoms with Gasteiger partial charge in [-0.2, -0.15) is 0 Å². The Kier molecular flexibility index (Phi) is 9.08. The molecule has 0 saturated heterocycles. The van der Waals surface area contributed by atoms with Gasteiger partial charge in [0, 0.05) is 42.7 Å². The zero-order valence-electron chi connectivity index (χ0n) is 28.4. The van der Waals surface area contributed by atoms with Crippen LogP contribution >= 0.6 is 0 Å². The number of nitrogens with one attached hydrogen (secondary N) is 1. The second-order valence-electron chi connectivity index (χ2n) is 13.0. The van der Waals surface area contributed by atoms with Crippen LogP contribution in [0.2, 0.25) is 0 Å². The minimum Gasteiger partial charge on any atom is -0.361 e. The number of halogens is 1. The number of para-hydroxylation sites is 1. The molecule has 8 aromatic rings. The maximum atomic E-state index is 14.1. The number of benzene rings is 5. The van der Waals surface area contributed by atoms with Crippen molar-refractivity contribution >= 4 is 10.9 Å². The monoisotopic (exact) mass is 670 g/mol. The van der Waals surface area contributed by atoms with Crippen LogP contribution < -0.4 is 0 Å². The van der Waals surface area contributed by atoms with E-state index >= 15 is 0 Å². The minimum atomic E-state index is -0.600. The van der Waals surface area contributed by atoms with Gasteiger partial charge in [-0.25, -0.2) is 9.37 Å². The summed E-state index contributed by atoms with van der Waals surface area (Å²) in [4.78, 5) is 8.37. The van der Waals surface area contributed by atoms with Crippen LogP contribution in [0, 0.1) is 5.82 Å². The molecular weight excluding hydrogens is 632 g/mol. The lowest BCUT2D eigenvalue weighted by atomic mass is 9.77. The number of imidazole rings is 1. The highest BCUT2D eigenvalue weighted by atomic mass is 19.1. The summed E-state index contributed by atoms with van der Waals surface area (Å²) in [7, 11) is 0. The van der Waals surface area contributed by atoms with Gasteiger partial charge in [0.25, 0.3) is 0 Å². The van der Waals surface area contributed by atoms with E-state index in [1.807, 2.05) is 18.5 Å². The van der Waals surface area contributed by atoms with Gasteiger partial charge in [-0.3, -0.25) is 0 Å². The Labute approximate surface area is 297 Å². The van der Waals surface area contributed by atoms with Gasteiger partial charge in [0.15, 0.2) is 0 Å². The number of hydrogen-bond donors (Lipinski definition) is 1. The first kappa shape index (κ1) is 32.1. The molecule has 3 aromatic heterocycles. The third kappa shape index (κ3) is 6.51. The van der Waals surface area contributed by atoms with Gasteiger partial charge in [0.2, 0.25) is 0 Å². The number of aromatic amines is 1. The molecule has 5 aromatic carbocycles. The fraction of sp³-hybridized carbons (Fsp3) is 0.159. The Morgan fingerprint density at radius 3 is 1.98 bits per heavy atom. The highest BCUT2D eigenvalue weighted by Crippen LogP contribution is 2.40. The molecular formula is C44H39FN6. The maximum absolute atomic E-state index is 14.1. The van der Waals surface area contributed by atoms with Crippen molar-refractivity contribution in [1.29, 1.82) is 0 Å². The van der Waals surface area contributed by atoms with Crippen LogP contribution in [0.15, 0.2) is 158 Å². The smallest absolute Gasteiger partial charge is 0.137 e. The van der Waals surface area contributed by atoms with Crippen LogP contribution in [0.3, 0.4) is 0 Å². The van der Waals surface area contributed by atoms with Gasteiger partial charge in [0.1, 0.15) is 23.0 Å². The molecule has 0 atom stereocenters. The van der Waals surface area contributed by atoms with Crippen molar-refractivity contribution in [3.8, 4) is 0 Å². The first-order chi connectivity index (χ1) is 25.2. The largest absolute Gasteiger partial charge is 0.361 e. The number of nitrogens with zero attached hydrogens (tertiary/aromatic N) is 5. The fourth-order valence-corrected chi connectivity index (χ4v) is 7.44. The molecule has 6 nitrogen and oxygen atoms in total. The first-order valence-corrected chi connectivity index (χ1v) is 17.6. The summed E-state index contributed by atoms with van der Waals surface area (Å²) < 4.78 is 18.6. The summed E-state index contributed by atoms with van der Waals surface area (Å²) in [5.41, 5.74) is 7.18. The Balaban J connectivity index is 1.08. The molecule has 0 aliphatic rings. The SMILES string of the molecule is Fc1cccc(Cc2nnc(CCc3c[nH]c4ccccc34)n2CCCc2cn(C(c3ccccc3)(c3ccccc3)c3ccccc3)cn2)c1. The van der Waals surface area contributed by atoms with Crippen LogP contribution in [0.5, 0.6) is 0 Å². The zero-order chi connectivity index (χ0) is 34.5. The van der Waals surface area contributed by atoms with Crippen molar-refractivity contribution in [2.24, 2.45) is 0 Å². The number of hydrogen-bond acceptors (Lipinski definition) is 3. The predicted molar refractivity (Wildman–Crippen MR) is 200 cm³/mol. The van der Waals surface area contributed by atoms with Crippen molar-refractivity contribution in [2.45, 2.75) is 44.2 Å². The summed E-state index contributed by atoms with van der Waals surface area (Å²) in [5.74, 6) is 1.54. The molecule has 0 bridgehead atoms. The lowest BCUT2D eigenvalue weighted by molar-refractivity contribution is 0.513. The van der Waals surface area contributed by atoms with Crippen molar-refractivity contribution in [3.05, 3.63) is 209 Å². The highest BCUT2D eigenvalue weighted by Gasteiger charge is 2.38. The van der Waals surface area contributed by atoms with Crippen molar-refractivity contribution in [1.82, 2.24) is 29.3 Å². The topological polar surface area (TPSA) is 64.3 Å². The number of fused-ring (bicyclic) bond motifs is 1. The minimum absolute atomic E-state index is 0.244. The van der Waals surface area contributed by atoms with E-state index in [4.69, 9.17) is 4.98 Å². The number of rotatable bonds is 13. The zero-order valence-corrected chi connectivity index (χ0v) is 28.4. The molecule has 0 amide bonds. The molecule has 8 rings (SSSR count).